The van der Waals surface area contributed by atoms with Gasteiger partial charge in [-0.1, -0.05) is 23.4 Å². The van der Waals surface area contributed by atoms with Gasteiger partial charge in [-0.05, 0) is 57.9 Å². The van der Waals surface area contributed by atoms with Gasteiger partial charge in [-0.2, -0.15) is 4.98 Å². The minimum atomic E-state index is 0.0417. The molecule has 3 heterocycles. The second-order valence-electron chi connectivity index (χ2n) is 9.01. The zero-order chi connectivity index (χ0) is 27.3. The summed E-state index contributed by atoms with van der Waals surface area (Å²) < 4.78 is 11.9. The number of rotatable bonds is 8. The number of nitrogens with one attached hydrogen (secondary N) is 2. The van der Waals surface area contributed by atoms with Gasteiger partial charge in [0.05, 0.1) is 11.8 Å². The molecule has 1 aromatic carbocycles. The van der Waals surface area contributed by atoms with Gasteiger partial charge in [0.2, 0.25) is 18.1 Å². The van der Waals surface area contributed by atoms with E-state index in [-0.39, 0.29) is 5.60 Å². The highest BCUT2D eigenvalue weighted by atomic mass is 16.5. The van der Waals surface area contributed by atoms with E-state index >= 15 is 0 Å². The van der Waals surface area contributed by atoms with E-state index in [0.717, 1.165) is 29.6 Å². The third-order valence-electron chi connectivity index (χ3n) is 5.21. The van der Waals surface area contributed by atoms with E-state index in [1.54, 1.807) is 17.7 Å². The molecule has 2 N–H and O–H groups in total. The Morgan fingerprint density at radius 3 is 2.57 bits per heavy atom. The summed E-state index contributed by atoms with van der Waals surface area (Å²) >= 11 is 0. The van der Waals surface area contributed by atoms with E-state index < -0.39 is 0 Å². The first-order valence-electron chi connectivity index (χ1n) is 11.9. The summed E-state index contributed by atoms with van der Waals surface area (Å²) in [6.07, 6.45) is 6.27. The van der Waals surface area contributed by atoms with E-state index in [1.165, 1.54) is 5.56 Å². The number of nitrogens with zero attached hydrogens (tertiary/aromatic N) is 4. The standard InChI is InChI=1S/C14H18N4O2.C8H6N2O.C5H12O/c1-10-5-6-11(8-12(10)15-2)14-17-13(20-18-14)4-3-7-16-9-19;11-6-7-5-9-8-3-1-2-4-10(7)8;1-5(2,3)6-4/h5-6,8-9,15H,3-4,7H2,1-2H3,(H,16,19);1-6H;1-4H3. The quantitative estimate of drug-likeness (QED) is 0.266. The topological polar surface area (TPSA) is 124 Å². The molecule has 4 aromatic rings. The fraction of sp³-hybridized carbons (Fsp3) is 0.370. The number of aryl methyl sites for hydroxylation is 2. The molecule has 0 aliphatic heterocycles. The van der Waals surface area contributed by atoms with Gasteiger partial charge >= 0.3 is 0 Å². The molecule has 37 heavy (non-hydrogen) atoms. The molecular formula is C27H36N6O4. The van der Waals surface area contributed by atoms with Crippen LogP contribution in [0, 0.1) is 6.92 Å². The molecule has 0 aliphatic rings. The van der Waals surface area contributed by atoms with Gasteiger partial charge in [0, 0.05) is 44.6 Å². The summed E-state index contributed by atoms with van der Waals surface area (Å²) in [4.78, 5) is 28.9. The summed E-state index contributed by atoms with van der Waals surface area (Å²) in [5, 5.41) is 9.72. The number of carbonyl (C=O) groups is 2. The molecule has 0 saturated heterocycles. The Balaban J connectivity index is 0.000000235. The van der Waals surface area contributed by atoms with E-state index in [2.05, 4.69) is 25.8 Å². The number of amides is 1. The first kappa shape index (κ1) is 29.2. The minimum Gasteiger partial charge on any atom is -0.388 e. The Bertz CT molecular complexity index is 1260. The van der Waals surface area contributed by atoms with Gasteiger partial charge in [-0.25, -0.2) is 4.98 Å². The largest absolute Gasteiger partial charge is 0.388 e. The van der Waals surface area contributed by atoms with Crippen LogP contribution in [-0.4, -0.2) is 58.5 Å². The summed E-state index contributed by atoms with van der Waals surface area (Å²) in [6, 6.07) is 11.6. The highest BCUT2D eigenvalue weighted by Crippen LogP contribution is 2.23. The Morgan fingerprint density at radius 2 is 1.92 bits per heavy atom. The Morgan fingerprint density at radius 1 is 1.16 bits per heavy atom. The lowest BCUT2D eigenvalue weighted by Gasteiger charge is -2.14. The van der Waals surface area contributed by atoms with Crippen LogP contribution >= 0.6 is 0 Å². The smallest absolute Gasteiger partial charge is 0.227 e. The SMILES string of the molecule is CNc1cc(-c2noc(CCCNC=O)n2)ccc1C.COC(C)(C)C.O=Cc1cnc2ccccn12. The van der Waals surface area contributed by atoms with Crippen molar-refractivity contribution in [3.8, 4) is 11.4 Å². The fourth-order valence-corrected chi connectivity index (χ4v) is 2.94. The Hall–Kier alpha value is -4.05. The molecule has 198 valence electrons. The summed E-state index contributed by atoms with van der Waals surface area (Å²) in [5.74, 6) is 1.17. The van der Waals surface area contributed by atoms with Crippen LogP contribution < -0.4 is 10.6 Å². The average Bonchev–Trinajstić information content (AvgIpc) is 3.54. The summed E-state index contributed by atoms with van der Waals surface area (Å²) in [7, 11) is 3.59. The second-order valence-corrected chi connectivity index (χ2v) is 9.01. The first-order valence-corrected chi connectivity index (χ1v) is 11.9. The molecule has 0 unspecified atom stereocenters. The summed E-state index contributed by atoms with van der Waals surface area (Å²) in [6.45, 7) is 8.71. The van der Waals surface area contributed by atoms with Crippen LogP contribution in [0.2, 0.25) is 0 Å². The monoisotopic (exact) mass is 508 g/mol. The lowest BCUT2D eigenvalue weighted by atomic mass is 10.1. The predicted octanol–water partition coefficient (Wildman–Crippen LogP) is 4.34. The molecule has 0 fully saturated rings. The van der Waals surface area contributed by atoms with E-state index in [9.17, 15) is 9.59 Å². The third kappa shape index (κ3) is 9.49. The molecule has 4 rings (SSSR count). The van der Waals surface area contributed by atoms with Crippen molar-refractivity contribution >= 4 is 24.0 Å². The number of aldehydes is 1. The van der Waals surface area contributed by atoms with Gasteiger partial charge in [0.25, 0.3) is 0 Å². The van der Waals surface area contributed by atoms with Gasteiger partial charge < -0.3 is 19.9 Å². The molecule has 1 amide bonds. The van der Waals surface area contributed by atoms with Gasteiger partial charge in [0.1, 0.15) is 11.3 Å². The number of benzene rings is 1. The number of pyridine rings is 1. The number of hydrogen-bond donors (Lipinski definition) is 2. The maximum absolute atomic E-state index is 10.4. The van der Waals surface area contributed by atoms with Crippen molar-refractivity contribution < 1.29 is 18.8 Å². The van der Waals surface area contributed by atoms with Crippen molar-refractivity contribution in [1.82, 2.24) is 24.8 Å². The molecule has 0 bridgehead atoms. The van der Waals surface area contributed by atoms with Gasteiger partial charge in [-0.3, -0.25) is 14.0 Å². The first-order chi connectivity index (χ1) is 17.7. The minimum absolute atomic E-state index is 0.0417. The van der Waals surface area contributed by atoms with Crippen molar-refractivity contribution in [3.63, 3.8) is 0 Å². The lowest BCUT2D eigenvalue weighted by Crippen LogP contribution is -2.15. The molecule has 0 spiro atoms. The van der Waals surface area contributed by atoms with Gasteiger partial charge in [0.15, 0.2) is 6.29 Å². The van der Waals surface area contributed by atoms with E-state index in [4.69, 9.17) is 9.26 Å². The van der Waals surface area contributed by atoms with Crippen molar-refractivity contribution in [2.45, 2.75) is 46.1 Å². The molecule has 0 radical (unpaired) electrons. The Kier molecular flexibility index (Phi) is 11.4. The van der Waals surface area contributed by atoms with Crippen molar-refractivity contribution in [1.29, 1.82) is 0 Å². The van der Waals surface area contributed by atoms with Crippen molar-refractivity contribution in [2.75, 3.05) is 26.0 Å². The molecule has 0 saturated carbocycles. The maximum atomic E-state index is 10.4. The number of hydrogen-bond acceptors (Lipinski definition) is 8. The summed E-state index contributed by atoms with van der Waals surface area (Å²) in [5.41, 5.74) is 4.56. The van der Waals surface area contributed by atoms with Crippen LogP contribution in [0.25, 0.3) is 17.0 Å². The van der Waals surface area contributed by atoms with Crippen LogP contribution in [0.1, 0.15) is 49.1 Å². The number of imidazole rings is 1. The number of methoxy groups -OCH3 is 1. The van der Waals surface area contributed by atoms with Crippen LogP contribution in [0.4, 0.5) is 5.69 Å². The highest BCUT2D eigenvalue weighted by molar-refractivity contribution is 5.73. The van der Waals surface area contributed by atoms with Crippen molar-refractivity contribution in [3.05, 3.63) is 65.9 Å². The number of fused-ring (bicyclic) bond motifs is 1. The third-order valence-corrected chi connectivity index (χ3v) is 5.21. The molecule has 0 aliphatic carbocycles. The van der Waals surface area contributed by atoms with Crippen molar-refractivity contribution in [2.24, 2.45) is 0 Å². The van der Waals surface area contributed by atoms with Crippen LogP contribution in [0.5, 0.6) is 0 Å². The number of carbonyl (C=O) groups excluding carboxylic acids is 2. The van der Waals surface area contributed by atoms with Crippen LogP contribution in [-0.2, 0) is 16.0 Å². The molecular weight excluding hydrogens is 472 g/mol. The fourth-order valence-electron chi connectivity index (χ4n) is 2.94. The van der Waals surface area contributed by atoms with E-state index in [0.29, 0.717) is 36.8 Å². The van der Waals surface area contributed by atoms with Crippen LogP contribution in [0.15, 0.2) is 53.3 Å². The normalized spacial score (nSPS) is 10.5. The average molecular weight is 509 g/mol. The zero-order valence-electron chi connectivity index (χ0n) is 22.3. The zero-order valence-corrected chi connectivity index (χ0v) is 22.3. The van der Waals surface area contributed by atoms with Gasteiger partial charge in [-0.15, -0.1) is 0 Å². The highest BCUT2D eigenvalue weighted by Gasteiger charge is 2.10. The van der Waals surface area contributed by atoms with Crippen LogP contribution in [0.3, 0.4) is 0 Å². The Labute approximate surface area is 217 Å². The molecule has 10 heteroatoms. The predicted molar refractivity (Wildman–Crippen MR) is 144 cm³/mol. The molecule has 0 atom stereocenters. The number of anilines is 1. The number of ether oxygens (including phenoxy) is 1. The number of aromatic nitrogens is 4. The maximum Gasteiger partial charge on any atom is 0.227 e. The second kappa shape index (κ2) is 14.5. The lowest BCUT2D eigenvalue weighted by molar-refractivity contribution is -0.109. The van der Waals surface area contributed by atoms with E-state index in [1.807, 2.05) is 77.3 Å². The molecule has 10 nitrogen and oxygen atoms in total. The molecule has 3 aromatic heterocycles.